The van der Waals surface area contributed by atoms with Crippen molar-refractivity contribution in [3.63, 3.8) is 0 Å². The zero-order chi connectivity index (χ0) is 15.3. The van der Waals surface area contributed by atoms with E-state index in [1.54, 1.807) is 0 Å². The first-order valence-corrected chi connectivity index (χ1v) is 9.19. The molecule has 7 nitrogen and oxygen atoms in total. The summed E-state index contributed by atoms with van der Waals surface area (Å²) < 4.78 is 30.4. The monoisotopic (exact) mass is 316 g/mol. The van der Waals surface area contributed by atoms with Crippen LogP contribution in [0.4, 0.5) is 0 Å². The van der Waals surface area contributed by atoms with Crippen molar-refractivity contribution in [2.75, 3.05) is 5.75 Å². The maximum absolute atomic E-state index is 10.8. The second kappa shape index (κ2) is 6.83. The standard InChI is InChI=1S/C13H24N4O3S/c1-13(12-14-16-17-15-12,10-11-6-2-3-7-11)8-4-5-9-21(18,19)20/h11H,2-10H2,1H3,(H,18,19,20)(H,14,15,16,17). The maximum Gasteiger partial charge on any atom is 0.264 e. The lowest BCUT2D eigenvalue weighted by Crippen LogP contribution is -2.27. The Morgan fingerprint density at radius 2 is 2.05 bits per heavy atom. The van der Waals surface area contributed by atoms with E-state index in [0.29, 0.717) is 18.2 Å². The number of hydrogen-bond acceptors (Lipinski definition) is 5. The number of rotatable bonds is 8. The third-order valence-electron chi connectivity index (χ3n) is 4.48. The van der Waals surface area contributed by atoms with Crippen molar-refractivity contribution in [3.8, 4) is 0 Å². The van der Waals surface area contributed by atoms with Gasteiger partial charge in [-0.05, 0) is 25.2 Å². The molecule has 1 saturated carbocycles. The summed E-state index contributed by atoms with van der Waals surface area (Å²) in [6, 6.07) is 0. The van der Waals surface area contributed by atoms with Gasteiger partial charge in [-0.1, -0.05) is 44.2 Å². The van der Waals surface area contributed by atoms with Crippen molar-refractivity contribution in [1.82, 2.24) is 20.6 Å². The number of aromatic nitrogens is 4. The van der Waals surface area contributed by atoms with Gasteiger partial charge in [-0.15, -0.1) is 10.2 Å². The number of unbranched alkanes of at least 4 members (excludes halogenated alkanes) is 1. The summed E-state index contributed by atoms with van der Waals surface area (Å²) in [7, 11) is -3.87. The summed E-state index contributed by atoms with van der Waals surface area (Å²) >= 11 is 0. The Hall–Kier alpha value is -1.02. The molecule has 8 heteroatoms. The summed E-state index contributed by atoms with van der Waals surface area (Å²) in [4.78, 5) is 0. The quantitative estimate of drug-likeness (QED) is 0.561. The van der Waals surface area contributed by atoms with E-state index in [1.807, 2.05) is 0 Å². The highest BCUT2D eigenvalue weighted by molar-refractivity contribution is 7.85. The van der Waals surface area contributed by atoms with Crippen LogP contribution in [0.3, 0.4) is 0 Å². The Balaban J connectivity index is 1.95. The SMILES string of the molecule is CC(CCCCS(=O)(=O)O)(CC1CCCC1)c1nn[nH]n1. The third-order valence-corrected chi connectivity index (χ3v) is 5.28. The van der Waals surface area contributed by atoms with E-state index in [0.717, 1.165) is 19.3 Å². The number of nitrogens with zero attached hydrogens (tertiary/aromatic N) is 3. The van der Waals surface area contributed by atoms with Gasteiger partial charge in [0.1, 0.15) is 0 Å². The molecule has 0 aromatic carbocycles. The highest BCUT2D eigenvalue weighted by Gasteiger charge is 2.34. The Labute approximate surface area is 125 Å². The van der Waals surface area contributed by atoms with Crippen LogP contribution in [-0.4, -0.2) is 39.3 Å². The molecule has 21 heavy (non-hydrogen) atoms. The van der Waals surface area contributed by atoms with Crippen LogP contribution in [0.5, 0.6) is 0 Å². The molecule has 0 aliphatic heterocycles. The molecule has 0 radical (unpaired) electrons. The van der Waals surface area contributed by atoms with Crippen molar-refractivity contribution in [2.45, 2.75) is 63.7 Å². The number of tetrazole rings is 1. The molecule has 0 spiro atoms. The molecule has 0 saturated heterocycles. The van der Waals surface area contributed by atoms with Gasteiger partial charge in [0.2, 0.25) is 0 Å². The van der Waals surface area contributed by atoms with Crippen LogP contribution >= 0.6 is 0 Å². The number of hydrogen-bond donors (Lipinski definition) is 2. The van der Waals surface area contributed by atoms with E-state index in [1.165, 1.54) is 25.7 Å². The van der Waals surface area contributed by atoms with E-state index in [2.05, 4.69) is 27.5 Å². The zero-order valence-corrected chi connectivity index (χ0v) is 13.3. The van der Waals surface area contributed by atoms with Crippen LogP contribution in [-0.2, 0) is 15.5 Å². The Morgan fingerprint density at radius 3 is 2.62 bits per heavy atom. The van der Waals surface area contributed by atoms with E-state index >= 15 is 0 Å². The molecule has 2 N–H and O–H groups in total. The maximum atomic E-state index is 10.8. The first-order chi connectivity index (χ1) is 9.89. The largest absolute Gasteiger partial charge is 0.286 e. The van der Waals surface area contributed by atoms with Gasteiger partial charge in [-0.25, -0.2) is 0 Å². The van der Waals surface area contributed by atoms with Gasteiger partial charge in [0.15, 0.2) is 5.82 Å². The summed E-state index contributed by atoms with van der Waals surface area (Å²) in [6.07, 6.45) is 8.06. The lowest BCUT2D eigenvalue weighted by molar-refractivity contribution is 0.299. The molecule has 1 atom stereocenters. The molecule has 0 amide bonds. The van der Waals surface area contributed by atoms with Crippen molar-refractivity contribution in [1.29, 1.82) is 0 Å². The van der Waals surface area contributed by atoms with Gasteiger partial charge in [-0.3, -0.25) is 4.55 Å². The zero-order valence-electron chi connectivity index (χ0n) is 12.5. The fourth-order valence-corrected chi connectivity index (χ4v) is 3.94. The second-order valence-corrected chi connectivity index (χ2v) is 7.97. The number of aromatic amines is 1. The van der Waals surface area contributed by atoms with Crippen LogP contribution in [0.25, 0.3) is 0 Å². The third kappa shape index (κ3) is 5.03. The second-order valence-electron chi connectivity index (χ2n) is 6.39. The first kappa shape index (κ1) is 16.4. The molecule has 1 fully saturated rings. The topological polar surface area (TPSA) is 109 Å². The number of H-pyrrole nitrogens is 1. The predicted molar refractivity (Wildman–Crippen MR) is 78.4 cm³/mol. The smallest absolute Gasteiger partial charge is 0.264 e. The van der Waals surface area contributed by atoms with Crippen LogP contribution in [0.2, 0.25) is 0 Å². The highest BCUT2D eigenvalue weighted by atomic mass is 32.2. The molecule has 1 heterocycles. The van der Waals surface area contributed by atoms with Gasteiger partial charge in [0.25, 0.3) is 10.1 Å². The Kier molecular flexibility index (Phi) is 5.32. The minimum absolute atomic E-state index is 0.179. The molecule has 120 valence electrons. The van der Waals surface area contributed by atoms with Crippen molar-refractivity contribution >= 4 is 10.1 Å². The van der Waals surface area contributed by atoms with Crippen LogP contribution in [0, 0.1) is 5.92 Å². The van der Waals surface area contributed by atoms with E-state index in [9.17, 15) is 8.42 Å². The van der Waals surface area contributed by atoms with Crippen molar-refractivity contribution in [2.24, 2.45) is 5.92 Å². The molecule has 1 unspecified atom stereocenters. The minimum atomic E-state index is -3.87. The molecule has 1 aromatic rings. The summed E-state index contributed by atoms with van der Waals surface area (Å²) in [5.74, 6) is 1.22. The van der Waals surface area contributed by atoms with Gasteiger partial charge < -0.3 is 0 Å². The molecule has 2 rings (SSSR count). The van der Waals surface area contributed by atoms with Gasteiger partial charge in [0.05, 0.1) is 5.75 Å². The van der Waals surface area contributed by atoms with Crippen LogP contribution < -0.4 is 0 Å². The molecular formula is C13H24N4O3S. The molecule has 1 aliphatic carbocycles. The van der Waals surface area contributed by atoms with Crippen LogP contribution in [0.1, 0.15) is 64.1 Å². The number of nitrogens with one attached hydrogen (secondary N) is 1. The van der Waals surface area contributed by atoms with Crippen molar-refractivity contribution < 1.29 is 13.0 Å². The fourth-order valence-electron chi connectivity index (χ4n) is 3.37. The fraction of sp³-hybridized carbons (Fsp3) is 0.923. The molecule has 1 aliphatic rings. The molecular weight excluding hydrogens is 292 g/mol. The van der Waals surface area contributed by atoms with Gasteiger partial charge >= 0.3 is 0 Å². The van der Waals surface area contributed by atoms with E-state index < -0.39 is 10.1 Å². The first-order valence-electron chi connectivity index (χ1n) is 7.58. The van der Waals surface area contributed by atoms with E-state index in [4.69, 9.17) is 4.55 Å². The lowest BCUT2D eigenvalue weighted by Gasteiger charge is -2.29. The van der Waals surface area contributed by atoms with Crippen LogP contribution in [0.15, 0.2) is 0 Å². The highest BCUT2D eigenvalue weighted by Crippen LogP contribution is 2.39. The van der Waals surface area contributed by atoms with Gasteiger partial charge in [0, 0.05) is 5.41 Å². The molecule has 1 aromatic heterocycles. The summed E-state index contributed by atoms with van der Waals surface area (Å²) in [5.41, 5.74) is -0.179. The minimum Gasteiger partial charge on any atom is -0.286 e. The van der Waals surface area contributed by atoms with Crippen molar-refractivity contribution in [3.05, 3.63) is 5.82 Å². The average Bonchev–Trinajstić information content (AvgIpc) is 3.06. The molecule has 0 bridgehead atoms. The normalized spacial score (nSPS) is 19.7. The Bertz CT molecular complexity index is 526. The summed E-state index contributed by atoms with van der Waals surface area (Å²) in [5, 5.41) is 14.5. The van der Waals surface area contributed by atoms with E-state index in [-0.39, 0.29) is 11.2 Å². The predicted octanol–water partition coefficient (Wildman–Crippen LogP) is 2.10. The van der Waals surface area contributed by atoms with Gasteiger partial charge in [-0.2, -0.15) is 13.6 Å². The summed E-state index contributed by atoms with van der Waals surface area (Å²) in [6.45, 7) is 2.13. The lowest BCUT2D eigenvalue weighted by atomic mass is 9.76. The Morgan fingerprint density at radius 1 is 1.33 bits per heavy atom. The average molecular weight is 316 g/mol.